The van der Waals surface area contributed by atoms with Crippen LogP contribution in [0.25, 0.3) is 11.3 Å². The summed E-state index contributed by atoms with van der Waals surface area (Å²) in [7, 11) is 1.63. The van der Waals surface area contributed by atoms with Crippen molar-refractivity contribution in [3.8, 4) is 11.3 Å². The summed E-state index contributed by atoms with van der Waals surface area (Å²) >= 11 is 0. The molecule has 1 amide bonds. The highest BCUT2D eigenvalue weighted by atomic mass is 16.5. The van der Waals surface area contributed by atoms with Gasteiger partial charge in [-0.25, -0.2) is 9.97 Å². The van der Waals surface area contributed by atoms with Crippen LogP contribution in [0.2, 0.25) is 0 Å². The van der Waals surface area contributed by atoms with Gasteiger partial charge in [0.2, 0.25) is 11.9 Å². The quantitative estimate of drug-likeness (QED) is 0.807. The van der Waals surface area contributed by atoms with Crippen LogP contribution in [-0.4, -0.2) is 49.2 Å². The van der Waals surface area contributed by atoms with E-state index in [9.17, 15) is 4.79 Å². The zero-order valence-electron chi connectivity index (χ0n) is 15.4. The van der Waals surface area contributed by atoms with E-state index in [1.807, 2.05) is 43.3 Å². The van der Waals surface area contributed by atoms with Crippen LogP contribution in [0.1, 0.15) is 18.5 Å². The van der Waals surface area contributed by atoms with E-state index in [2.05, 4.69) is 15.2 Å². The van der Waals surface area contributed by atoms with Gasteiger partial charge in [0, 0.05) is 38.0 Å². The molecule has 1 aliphatic rings. The molecule has 0 aliphatic carbocycles. The Morgan fingerprint density at radius 3 is 2.88 bits per heavy atom. The number of piperidine rings is 1. The van der Waals surface area contributed by atoms with Crippen molar-refractivity contribution in [1.29, 1.82) is 0 Å². The normalized spacial score (nSPS) is 17.2. The van der Waals surface area contributed by atoms with Crippen molar-refractivity contribution in [2.24, 2.45) is 5.92 Å². The average molecular weight is 354 g/mol. The lowest BCUT2D eigenvalue weighted by Crippen LogP contribution is -2.44. The molecule has 1 aromatic carbocycles. The molecular formula is C20H26N4O2. The Morgan fingerprint density at radius 2 is 2.12 bits per heavy atom. The highest BCUT2D eigenvalue weighted by Crippen LogP contribution is 2.24. The molecule has 0 saturated carbocycles. The number of aromatic nitrogens is 2. The Kier molecular flexibility index (Phi) is 6.17. The number of nitrogens with zero attached hydrogens (tertiary/aromatic N) is 3. The number of hydrogen-bond acceptors (Lipinski definition) is 5. The molecule has 1 saturated heterocycles. The number of carbonyl (C=O) groups is 1. The van der Waals surface area contributed by atoms with E-state index in [1.54, 1.807) is 7.11 Å². The van der Waals surface area contributed by atoms with E-state index in [1.165, 1.54) is 0 Å². The van der Waals surface area contributed by atoms with E-state index in [-0.39, 0.29) is 11.8 Å². The number of amides is 1. The third-order valence-corrected chi connectivity index (χ3v) is 4.59. The van der Waals surface area contributed by atoms with Crippen LogP contribution in [0.3, 0.4) is 0 Å². The van der Waals surface area contributed by atoms with Crippen molar-refractivity contribution >= 4 is 11.9 Å². The summed E-state index contributed by atoms with van der Waals surface area (Å²) in [5, 5.41) is 2.94. The number of rotatable bonds is 6. The number of methoxy groups -OCH3 is 1. The fraction of sp³-hybridized carbons (Fsp3) is 0.450. The minimum Gasteiger partial charge on any atom is -0.383 e. The van der Waals surface area contributed by atoms with Gasteiger partial charge in [0.15, 0.2) is 0 Å². The first kappa shape index (κ1) is 18.3. The number of ether oxygens (including phenoxy) is 1. The average Bonchev–Trinajstić information content (AvgIpc) is 2.68. The summed E-state index contributed by atoms with van der Waals surface area (Å²) in [5.74, 6) is 0.755. The number of carbonyl (C=O) groups excluding carboxylic acids is 1. The van der Waals surface area contributed by atoms with Gasteiger partial charge in [0.1, 0.15) is 0 Å². The molecule has 1 aromatic heterocycles. The molecule has 2 aromatic rings. The maximum atomic E-state index is 12.4. The SMILES string of the molecule is COCCNC(=O)C1CCCN(c2nc(C)cc(-c3ccccc3)n2)C1. The molecule has 1 aliphatic heterocycles. The Bertz CT molecular complexity index is 736. The van der Waals surface area contributed by atoms with Crippen molar-refractivity contribution in [2.45, 2.75) is 19.8 Å². The van der Waals surface area contributed by atoms with Gasteiger partial charge in [0.05, 0.1) is 18.2 Å². The first-order valence-corrected chi connectivity index (χ1v) is 9.10. The second-order valence-corrected chi connectivity index (χ2v) is 6.63. The van der Waals surface area contributed by atoms with Crippen molar-refractivity contribution in [2.75, 3.05) is 38.3 Å². The van der Waals surface area contributed by atoms with Gasteiger partial charge in [-0.1, -0.05) is 30.3 Å². The lowest BCUT2D eigenvalue weighted by molar-refractivity contribution is -0.125. The Morgan fingerprint density at radius 1 is 1.31 bits per heavy atom. The smallest absolute Gasteiger partial charge is 0.226 e. The number of hydrogen-bond donors (Lipinski definition) is 1. The molecule has 0 radical (unpaired) electrons. The Labute approximate surface area is 154 Å². The van der Waals surface area contributed by atoms with Crippen molar-refractivity contribution in [3.05, 3.63) is 42.1 Å². The summed E-state index contributed by atoms with van der Waals surface area (Å²) in [6.07, 6.45) is 1.85. The largest absolute Gasteiger partial charge is 0.383 e. The summed E-state index contributed by atoms with van der Waals surface area (Å²) in [5.41, 5.74) is 2.92. The molecule has 6 heteroatoms. The van der Waals surface area contributed by atoms with Crippen molar-refractivity contribution in [3.63, 3.8) is 0 Å². The zero-order chi connectivity index (χ0) is 18.4. The number of benzene rings is 1. The van der Waals surface area contributed by atoms with Gasteiger partial charge in [-0.05, 0) is 25.8 Å². The summed E-state index contributed by atoms with van der Waals surface area (Å²) in [4.78, 5) is 23.9. The maximum absolute atomic E-state index is 12.4. The molecule has 1 fully saturated rings. The minimum absolute atomic E-state index is 0.0371. The van der Waals surface area contributed by atoms with Crippen LogP contribution < -0.4 is 10.2 Å². The van der Waals surface area contributed by atoms with Crippen LogP contribution in [0.4, 0.5) is 5.95 Å². The topological polar surface area (TPSA) is 67.3 Å². The first-order chi connectivity index (χ1) is 12.7. The van der Waals surface area contributed by atoms with Gasteiger partial charge in [0.25, 0.3) is 0 Å². The van der Waals surface area contributed by atoms with Crippen LogP contribution in [0.15, 0.2) is 36.4 Å². The number of anilines is 1. The van der Waals surface area contributed by atoms with E-state index >= 15 is 0 Å². The number of nitrogens with one attached hydrogen (secondary N) is 1. The molecule has 1 atom stereocenters. The van der Waals surface area contributed by atoms with Crippen molar-refractivity contribution < 1.29 is 9.53 Å². The fourth-order valence-corrected chi connectivity index (χ4v) is 3.24. The molecular weight excluding hydrogens is 328 g/mol. The summed E-state index contributed by atoms with van der Waals surface area (Å²) in [6, 6.07) is 12.1. The lowest BCUT2D eigenvalue weighted by Gasteiger charge is -2.32. The standard InChI is InChI=1S/C20H26N4O2/c1-15-13-18(16-7-4-3-5-8-16)23-20(22-15)24-11-6-9-17(14-24)19(25)21-10-12-26-2/h3-5,7-8,13,17H,6,9-12,14H2,1-2H3,(H,21,25). The molecule has 26 heavy (non-hydrogen) atoms. The fourth-order valence-electron chi connectivity index (χ4n) is 3.24. The van der Waals surface area contributed by atoms with E-state index in [4.69, 9.17) is 9.72 Å². The van der Waals surface area contributed by atoms with E-state index in [0.29, 0.717) is 25.6 Å². The summed E-state index contributed by atoms with van der Waals surface area (Å²) < 4.78 is 4.99. The van der Waals surface area contributed by atoms with Crippen LogP contribution in [0, 0.1) is 12.8 Å². The number of aryl methyl sites for hydroxylation is 1. The molecule has 2 heterocycles. The van der Waals surface area contributed by atoms with Gasteiger partial charge in [-0.3, -0.25) is 4.79 Å². The van der Waals surface area contributed by atoms with E-state index < -0.39 is 0 Å². The third-order valence-electron chi connectivity index (χ3n) is 4.59. The van der Waals surface area contributed by atoms with Crippen LogP contribution in [0.5, 0.6) is 0 Å². The van der Waals surface area contributed by atoms with Gasteiger partial charge < -0.3 is 15.0 Å². The second-order valence-electron chi connectivity index (χ2n) is 6.63. The highest BCUT2D eigenvalue weighted by Gasteiger charge is 2.27. The van der Waals surface area contributed by atoms with Gasteiger partial charge in [-0.15, -0.1) is 0 Å². The molecule has 1 N–H and O–H groups in total. The van der Waals surface area contributed by atoms with Crippen LogP contribution >= 0.6 is 0 Å². The Balaban J connectivity index is 1.74. The highest BCUT2D eigenvalue weighted by molar-refractivity contribution is 5.79. The molecule has 6 nitrogen and oxygen atoms in total. The molecule has 1 unspecified atom stereocenters. The maximum Gasteiger partial charge on any atom is 0.226 e. The zero-order valence-corrected chi connectivity index (χ0v) is 15.4. The third kappa shape index (κ3) is 4.58. The van der Waals surface area contributed by atoms with Crippen molar-refractivity contribution in [1.82, 2.24) is 15.3 Å². The minimum atomic E-state index is -0.0371. The molecule has 3 rings (SSSR count). The molecule has 0 spiro atoms. The monoisotopic (exact) mass is 354 g/mol. The van der Waals surface area contributed by atoms with Gasteiger partial charge >= 0.3 is 0 Å². The predicted molar refractivity (Wildman–Crippen MR) is 102 cm³/mol. The second kappa shape index (κ2) is 8.76. The Hall–Kier alpha value is -2.47. The summed E-state index contributed by atoms with van der Waals surface area (Å²) in [6.45, 7) is 4.58. The molecule has 138 valence electrons. The van der Waals surface area contributed by atoms with E-state index in [0.717, 1.165) is 36.3 Å². The van der Waals surface area contributed by atoms with Gasteiger partial charge in [-0.2, -0.15) is 0 Å². The molecule has 0 bridgehead atoms. The first-order valence-electron chi connectivity index (χ1n) is 9.10. The predicted octanol–water partition coefficient (Wildman–Crippen LogP) is 2.43. The lowest BCUT2D eigenvalue weighted by atomic mass is 9.97. The van der Waals surface area contributed by atoms with Crippen LogP contribution in [-0.2, 0) is 9.53 Å².